The molecule has 3 N–H and O–H groups in total. The van der Waals surface area contributed by atoms with Crippen molar-refractivity contribution in [3.8, 4) is 5.75 Å². The van der Waals surface area contributed by atoms with Gasteiger partial charge in [0, 0.05) is 11.6 Å². The van der Waals surface area contributed by atoms with Crippen LogP contribution >= 0.6 is 0 Å². The van der Waals surface area contributed by atoms with Crippen LogP contribution in [0.5, 0.6) is 5.75 Å². The first-order valence-corrected chi connectivity index (χ1v) is 6.32. The van der Waals surface area contributed by atoms with E-state index < -0.39 is 11.9 Å². The summed E-state index contributed by atoms with van der Waals surface area (Å²) in [5, 5.41) is 9.81. The third-order valence-electron chi connectivity index (χ3n) is 2.59. The summed E-state index contributed by atoms with van der Waals surface area (Å²) in [6, 6.07) is 13.5. The number of aliphatic hydroxyl groups is 1. The van der Waals surface area contributed by atoms with Gasteiger partial charge in [0.15, 0.2) is 0 Å². The number of halogens is 1. The number of aliphatic imine (C=N–C) groups is 1. The number of rotatable bonds is 3. The lowest BCUT2D eigenvalue weighted by Crippen LogP contribution is -2.14. The van der Waals surface area contributed by atoms with Crippen molar-refractivity contribution >= 4 is 17.7 Å². The zero-order valence-corrected chi connectivity index (χ0v) is 11.4. The Hall–Kier alpha value is -3.15. The van der Waals surface area contributed by atoms with Crippen LogP contribution in [0.3, 0.4) is 0 Å². The molecule has 0 bridgehead atoms. The number of para-hydroxylation sites is 1. The molecule has 6 heteroatoms. The lowest BCUT2D eigenvalue weighted by Gasteiger charge is -2.01. The van der Waals surface area contributed by atoms with Crippen LogP contribution in [0.25, 0.3) is 5.76 Å². The topological polar surface area (TPSA) is 84.9 Å². The molecular formula is C16H13FN2O3. The van der Waals surface area contributed by atoms with Gasteiger partial charge in [0.1, 0.15) is 23.2 Å². The zero-order valence-electron chi connectivity index (χ0n) is 11.4. The van der Waals surface area contributed by atoms with Crippen molar-refractivity contribution in [1.82, 2.24) is 0 Å². The molecule has 0 heterocycles. The van der Waals surface area contributed by atoms with Crippen LogP contribution < -0.4 is 10.5 Å². The van der Waals surface area contributed by atoms with Gasteiger partial charge in [-0.15, -0.1) is 0 Å². The second-order valence-corrected chi connectivity index (χ2v) is 4.25. The maximum atomic E-state index is 12.8. The van der Waals surface area contributed by atoms with Gasteiger partial charge < -0.3 is 15.6 Å². The van der Waals surface area contributed by atoms with E-state index in [4.69, 9.17) is 10.5 Å². The van der Waals surface area contributed by atoms with Gasteiger partial charge in [-0.25, -0.2) is 9.18 Å². The van der Waals surface area contributed by atoms with E-state index >= 15 is 0 Å². The lowest BCUT2D eigenvalue weighted by molar-refractivity contribution is 0.211. The smallest absolute Gasteiger partial charge is 0.441 e. The molecular weight excluding hydrogens is 287 g/mol. The average Bonchev–Trinajstić information content (AvgIpc) is 2.48. The molecule has 0 aliphatic rings. The number of amidine groups is 1. The molecule has 0 aromatic heterocycles. The van der Waals surface area contributed by atoms with Gasteiger partial charge in [-0.05, 0) is 36.4 Å². The lowest BCUT2D eigenvalue weighted by atomic mass is 10.2. The minimum atomic E-state index is -0.910. The van der Waals surface area contributed by atoms with Crippen LogP contribution in [0, 0.1) is 5.82 Å². The van der Waals surface area contributed by atoms with Crippen molar-refractivity contribution in [1.29, 1.82) is 0 Å². The maximum absolute atomic E-state index is 12.8. The van der Waals surface area contributed by atoms with E-state index in [2.05, 4.69) is 4.99 Å². The molecule has 2 aromatic carbocycles. The number of ether oxygens (including phenoxy) is 1. The number of hydrogen-bond acceptors (Lipinski definition) is 3. The first-order valence-electron chi connectivity index (χ1n) is 6.32. The number of nitrogens with two attached hydrogens (primary N) is 1. The van der Waals surface area contributed by atoms with Gasteiger partial charge in [-0.2, -0.15) is 4.99 Å². The van der Waals surface area contributed by atoms with E-state index in [-0.39, 0.29) is 11.6 Å². The summed E-state index contributed by atoms with van der Waals surface area (Å²) in [6.45, 7) is 0. The summed E-state index contributed by atoms with van der Waals surface area (Å²) in [6.07, 6.45) is 0.173. The fourth-order valence-corrected chi connectivity index (χ4v) is 1.59. The van der Waals surface area contributed by atoms with Crippen molar-refractivity contribution < 1.29 is 19.0 Å². The Morgan fingerprint density at radius 1 is 1.14 bits per heavy atom. The van der Waals surface area contributed by atoms with Gasteiger partial charge in [0.2, 0.25) is 0 Å². The number of carbonyl (C=O) groups is 1. The number of aliphatic hydroxyl groups excluding tert-OH is 1. The molecule has 0 atom stereocenters. The molecule has 0 radical (unpaired) electrons. The number of benzene rings is 2. The minimum Gasteiger partial charge on any atom is -0.507 e. The van der Waals surface area contributed by atoms with E-state index in [1.807, 2.05) is 0 Å². The first kappa shape index (κ1) is 15.2. The number of carbonyl (C=O) groups excluding carboxylic acids is 1. The summed E-state index contributed by atoms with van der Waals surface area (Å²) < 4.78 is 17.7. The van der Waals surface area contributed by atoms with Crippen molar-refractivity contribution in [2.24, 2.45) is 10.7 Å². The first-order chi connectivity index (χ1) is 10.5. The second kappa shape index (κ2) is 7.03. The number of amides is 1. The van der Waals surface area contributed by atoms with Crippen LogP contribution in [0.15, 0.2) is 65.7 Å². The van der Waals surface area contributed by atoms with E-state index in [1.165, 1.54) is 24.3 Å². The summed E-state index contributed by atoms with van der Waals surface area (Å²) in [5.74, 6) is -0.572. The summed E-state index contributed by atoms with van der Waals surface area (Å²) >= 11 is 0. The molecule has 1 amide bonds. The SMILES string of the molecule is NC(/C=C(\O)c1ccc(F)cc1)=N/C(=O)Oc1ccccc1. The average molecular weight is 300 g/mol. The van der Waals surface area contributed by atoms with Crippen LogP contribution in [0.2, 0.25) is 0 Å². The van der Waals surface area contributed by atoms with Crippen molar-refractivity contribution in [3.05, 3.63) is 72.1 Å². The van der Waals surface area contributed by atoms with E-state index in [9.17, 15) is 14.3 Å². The molecule has 0 saturated heterocycles. The van der Waals surface area contributed by atoms with Crippen LogP contribution in [-0.2, 0) is 0 Å². The highest BCUT2D eigenvalue weighted by atomic mass is 19.1. The molecule has 0 fully saturated rings. The van der Waals surface area contributed by atoms with Crippen molar-refractivity contribution in [3.63, 3.8) is 0 Å². The second-order valence-electron chi connectivity index (χ2n) is 4.25. The molecule has 0 spiro atoms. The molecule has 5 nitrogen and oxygen atoms in total. The molecule has 22 heavy (non-hydrogen) atoms. The molecule has 112 valence electrons. The van der Waals surface area contributed by atoms with Gasteiger partial charge in [0.25, 0.3) is 0 Å². The quantitative estimate of drug-likeness (QED) is 0.517. The molecule has 0 aliphatic heterocycles. The van der Waals surface area contributed by atoms with Crippen LogP contribution in [0.1, 0.15) is 5.56 Å². The Kier molecular flexibility index (Phi) is 4.87. The Labute approximate surface area is 126 Å². The predicted octanol–water partition coefficient (Wildman–Crippen LogP) is 3.28. The van der Waals surface area contributed by atoms with Gasteiger partial charge >= 0.3 is 6.09 Å². The van der Waals surface area contributed by atoms with Gasteiger partial charge in [0.05, 0.1) is 0 Å². The van der Waals surface area contributed by atoms with E-state index in [0.717, 1.165) is 6.08 Å². The molecule has 2 aromatic rings. The van der Waals surface area contributed by atoms with Crippen molar-refractivity contribution in [2.75, 3.05) is 0 Å². The molecule has 0 saturated carbocycles. The summed E-state index contributed by atoms with van der Waals surface area (Å²) in [7, 11) is 0. The number of hydrogen-bond donors (Lipinski definition) is 2. The Balaban J connectivity index is 2.06. The number of nitrogens with zero attached hydrogens (tertiary/aromatic N) is 1. The monoisotopic (exact) mass is 300 g/mol. The Morgan fingerprint density at radius 3 is 2.41 bits per heavy atom. The minimum absolute atomic E-state index is 0.234. The Bertz CT molecular complexity index is 710. The highest BCUT2D eigenvalue weighted by Crippen LogP contribution is 2.12. The Morgan fingerprint density at radius 2 is 1.77 bits per heavy atom. The maximum Gasteiger partial charge on any atom is 0.441 e. The fraction of sp³-hybridized carbons (Fsp3) is 0. The normalized spacial score (nSPS) is 12.0. The molecule has 0 unspecified atom stereocenters. The van der Waals surface area contributed by atoms with Gasteiger partial charge in [-0.3, -0.25) is 0 Å². The van der Waals surface area contributed by atoms with Crippen LogP contribution in [-0.4, -0.2) is 17.0 Å². The summed E-state index contributed by atoms with van der Waals surface area (Å²) in [4.78, 5) is 15.0. The standard InChI is InChI=1S/C16H13FN2O3/c17-12-8-6-11(7-9-12)14(20)10-15(18)19-16(21)22-13-4-2-1-3-5-13/h1-10,20H,(H2,18,19,21)/b14-10-. The van der Waals surface area contributed by atoms with E-state index in [1.54, 1.807) is 30.3 Å². The third-order valence-corrected chi connectivity index (χ3v) is 2.59. The van der Waals surface area contributed by atoms with E-state index in [0.29, 0.717) is 11.3 Å². The highest BCUT2D eigenvalue weighted by Gasteiger charge is 2.05. The largest absolute Gasteiger partial charge is 0.507 e. The van der Waals surface area contributed by atoms with Crippen molar-refractivity contribution in [2.45, 2.75) is 0 Å². The predicted molar refractivity (Wildman–Crippen MR) is 81.1 cm³/mol. The summed E-state index contributed by atoms with van der Waals surface area (Å²) in [5.41, 5.74) is 5.88. The highest BCUT2D eigenvalue weighted by molar-refractivity contribution is 6.02. The molecule has 0 aliphatic carbocycles. The van der Waals surface area contributed by atoms with Crippen LogP contribution in [0.4, 0.5) is 9.18 Å². The van der Waals surface area contributed by atoms with Gasteiger partial charge in [-0.1, -0.05) is 18.2 Å². The zero-order chi connectivity index (χ0) is 15.9. The third kappa shape index (κ3) is 4.45. The molecule has 2 rings (SSSR count). The fourth-order valence-electron chi connectivity index (χ4n) is 1.59.